The number of amides is 1. The Morgan fingerprint density at radius 2 is 2.16 bits per heavy atom. The van der Waals surface area contributed by atoms with E-state index in [1.165, 1.54) is 12.4 Å². The van der Waals surface area contributed by atoms with Crippen LogP contribution in [-0.4, -0.2) is 50.2 Å². The number of piperidine rings is 1. The van der Waals surface area contributed by atoms with Crippen molar-refractivity contribution < 1.29 is 9.53 Å². The van der Waals surface area contributed by atoms with Crippen LogP contribution in [-0.2, 0) is 11.2 Å². The molecule has 25 heavy (non-hydrogen) atoms. The monoisotopic (exact) mass is 363 g/mol. The summed E-state index contributed by atoms with van der Waals surface area (Å²) in [6.45, 7) is 5.27. The molecule has 0 aliphatic carbocycles. The van der Waals surface area contributed by atoms with Crippen LogP contribution >= 0.6 is 11.6 Å². The van der Waals surface area contributed by atoms with Crippen LogP contribution < -0.4 is 4.74 Å². The van der Waals surface area contributed by atoms with Gasteiger partial charge in [0, 0.05) is 18.7 Å². The maximum atomic E-state index is 12.5. The topological polar surface area (TPSA) is 84.0 Å². The molecule has 0 radical (unpaired) electrons. The van der Waals surface area contributed by atoms with Crippen LogP contribution in [0, 0.1) is 13.8 Å². The van der Waals surface area contributed by atoms with E-state index in [9.17, 15) is 4.79 Å². The number of carbonyl (C=O) groups is 1. The molecule has 7 nitrogen and oxygen atoms in total. The lowest BCUT2D eigenvalue weighted by Gasteiger charge is -2.32. The van der Waals surface area contributed by atoms with Crippen molar-refractivity contribution >= 4 is 17.5 Å². The molecule has 1 aliphatic heterocycles. The van der Waals surface area contributed by atoms with E-state index in [0.29, 0.717) is 30.4 Å². The Morgan fingerprint density at radius 1 is 1.40 bits per heavy atom. The molecule has 2 aromatic heterocycles. The van der Waals surface area contributed by atoms with Gasteiger partial charge in [0.15, 0.2) is 0 Å². The molecule has 0 spiro atoms. The van der Waals surface area contributed by atoms with Crippen LogP contribution in [0.1, 0.15) is 36.2 Å². The van der Waals surface area contributed by atoms with Gasteiger partial charge in [-0.2, -0.15) is 5.10 Å². The fraction of sp³-hybridized carbons (Fsp3) is 0.529. The average molecular weight is 364 g/mol. The number of carbonyl (C=O) groups excluding carboxylic acids is 1. The van der Waals surface area contributed by atoms with Crippen molar-refractivity contribution in [1.29, 1.82) is 0 Å². The smallest absolute Gasteiger partial charge is 0.316 e. The van der Waals surface area contributed by atoms with E-state index in [2.05, 4.69) is 20.2 Å². The van der Waals surface area contributed by atoms with Crippen LogP contribution in [0.3, 0.4) is 0 Å². The van der Waals surface area contributed by atoms with Crippen molar-refractivity contribution in [1.82, 2.24) is 25.1 Å². The predicted molar refractivity (Wildman–Crippen MR) is 93.7 cm³/mol. The molecule has 1 fully saturated rings. The molecule has 1 N–H and O–H groups in total. The van der Waals surface area contributed by atoms with E-state index in [4.69, 9.17) is 16.3 Å². The molecular formula is C17H22ClN5O2. The standard InChI is InChI=1S/C17H22ClN5O2/c1-11-15(12(2)22-21-11)5-6-16(24)23-7-3-4-14(10-23)25-17-19-8-13(18)9-20-17/h8-9,14H,3-7,10H2,1-2H3,(H,21,22). The van der Waals surface area contributed by atoms with Crippen LogP contribution in [0.5, 0.6) is 6.01 Å². The summed E-state index contributed by atoms with van der Waals surface area (Å²) in [5, 5.41) is 7.61. The molecule has 1 atom stereocenters. The van der Waals surface area contributed by atoms with Crippen molar-refractivity contribution in [3.05, 3.63) is 34.4 Å². The van der Waals surface area contributed by atoms with E-state index in [1.807, 2.05) is 18.7 Å². The Kier molecular flexibility index (Phi) is 5.53. The van der Waals surface area contributed by atoms with Crippen molar-refractivity contribution in [3.8, 4) is 6.01 Å². The number of aromatic nitrogens is 4. The molecule has 2 aromatic rings. The van der Waals surface area contributed by atoms with Gasteiger partial charge in [0.1, 0.15) is 6.10 Å². The second-order valence-corrected chi connectivity index (χ2v) is 6.75. The zero-order valence-corrected chi connectivity index (χ0v) is 15.2. The Bertz CT molecular complexity index is 712. The number of hydrogen-bond acceptors (Lipinski definition) is 5. The maximum Gasteiger partial charge on any atom is 0.316 e. The lowest BCUT2D eigenvalue weighted by atomic mass is 10.0. The molecular weight excluding hydrogens is 342 g/mol. The summed E-state index contributed by atoms with van der Waals surface area (Å²) >= 11 is 5.78. The Morgan fingerprint density at radius 3 is 2.84 bits per heavy atom. The number of hydrogen-bond donors (Lipinski definition) is 1. The van der Waals surface area contributed by atoms with Gasteiger partial charge in [-0.15, -0.1) is 0 Å². The lowest BCUT2D eigenvalue weighted by molar-refractivity contribution is -0.133. The minimum absolute atomic E-state index is 0.0868. The van der Waals surface area contributed by atoms with Crippen LogP contribution in [0.2, 0.25) is 5.02 Å². The molecule has 0 aromatic carbocycles. The lowest BCUT2D eigenvalue weighted by Crippen LogP contribution is -2.44. The van der Waals surface area contributed by atoms with Crippen molar-refractivity contribution in [2.24, 2.45) is 0 Å². The summed E-state index contributed by atoms with van der Waals surface area (Å²) in [7, 11) is 0. The highest BCUT2D eigenvalue weighted by Gasteiger charge is 2.25. The van der Waals surface area contributed by atoms with Gasteiger partial charge in [0.2, 0.25) is 5.91 Å². The van der Waals surface area contributed by atoms with Crippen LogP contribution in [0.4, 0.5) is 0 Å². The third-order valence-electron chi connectivity index (χ3n) is 4.47. The number of aryl methyl sites for hydroxylation is 2. The average Bonchev–Trinajstić information content (AvgIpc) is 2.93. The highest BCUT2D eigenvalue weighted by Crippen LogP contribution is 2.18. The van der Waals surface area contributed by atoms with Gasteiger partial charge in [0.05, 0.1) is 29.7 Å². The first-order chi connectivity index (χ1) is 12.0. The predicted octanol–water partition coefficient (Wildman–Crippen LogP) is 2.47. The summed E-state index contributed by atoms with van der Waals surface area (Å²) in [5.74, 6) is 0.144. The highest BCUT2D eigenvalue weighted by molar-refractivity contribution is 6.30. The number of H-pyrrole nitrogens is 1. The summed E-state index contributed by atoms with van der Waals surface area (Å²) in [5.41, 5.74) is 3.13. The molecule has 3 heterocycles. The van der Waals surface area contributed by atoms with E-state index in [1.54, 1.807) is 0 Å². The molecule has 3 rings (SSSR count). The van der Waals surface area contributed by atoms with E-state index in [-0.39, 0.29) is 12.0 Å². The van der Waals surface area contributed by atoms with Gasteiger partial charge in [-0.3, -0.25) is 9.89 Å². The summed E-state index contributed by atoms with van der Waals surface area (Å²) in [6, 6.07) is 0.299. The first-order valence-electron chi connectivity index (χ1n) is 8.45. The quantitative estimate of drug-likeness (QED) is 0.882. The molecule has 1 saturated heterocycles. The third-order valence-corrected chi connectivity index (χ3v) is 4.66. The second kappa shape index (κ2) is 7.82. The molecule has 1 unspecified atom stereocenters. The first kappa shape index (κ1) is 17.7. The minimum atomic E-state index is -0.0868. The Hall–Kier alpha value is -2.15. The fourth-order valence-corrected chi connectivity index (χ4v) is 3.20. The number of aromatic amines is 1. The Balaban J connectivity index is 1.53. The molecule has 1 aliphatic rings. The maximum absolute atomic E-state index is 12.5. The third kappa shape index (κ3) is 4.48. The molecule has 1 amide bonds. The van der Waals surface area contributed by atoms with Crippen molar-refractivity contribution in [3.63, 3.8) is 0 Å². The zero-order valence-electron chi connectivity index (χ0n) is 14.5. The van der Waals surface area contributed by atoms with Gasteiger partial charge in [-0.05, 0) is 38.7 Å². The number of likely N-dealkylation sites (tertiary alicyclic amines) is 1. The van der Waals surface area contributed by atoms with Gasteiger partial charge in [0.25, 0.3) is 0 Å². The van der Waals surface area contributed by atoms with Crippen molar-refractivity contribution in [2.75, 3.05) is 13.1 Å². The van der Waals surface area contributed by atoms with Crippen LogP contribution in [0.15, 0.2) is 12.4 Å². The number of nitrogens with one attached hydrogen (secondary N) is 1. The van der Waals surface area contributed by atoms with Gasteiger partial charge < -0.3 is 9.64 Å². The summed E-state index contributed by atoms with van der Waals surface area (Å²) < 4.78 is 5.79. The minimum Gasteiger partial charge on any atom is -0.458 e. The van der Waals surface area contributed by atoms with E-state index >= 15 is 0 Å². The number of ether oxygens (including phenoxy) is 1. The number of nitrogens with zero attached hydrogens (tertiary/aromatic N) is 4. The molecule has 0 saturated carbocycles. The van der Waals surface area contributed by atoms with E-state index < -0.39 is 0 Å². The van der Waals surface area contributed by atoms with Gasteiger partial charge >= 0.3 is 6.01 Å². The SMILES string of the molecule is Cc1n[nH]c(C)c1CCC(=O)N1CCCC(Oc2ncc(Cl)cn2)C1. The van der Waals surface area contributed by atoms with E-state index in [0.717, 1.165) is 36.3 Å². The normalized spacial score (nSPS) is 17.6. The summed E-state index contributed by atoms with van der Waals surface area (Å²) in [4.78, 5) is 22.5. The largest absolute Gasteiger partial charge is 0.458 e. The highest BCUT2D eigenvalue weighted by atomic mass is 35.5. The first-order valence-corrected chi connectivity index (χ1v) is 8.83. The molecule has 8 heteroatoms. The number of halogens is 1. The zero-order chi connectivity index (χ0) is 17.8. The number of rotatable bonds is 5. The fourth-order valence-electron chi connectivity index (χ4n) is 3.10. The Labute approximate surface area is 151 Å². The van der Waals surface area contributed by atoms with Gasteiger partial charge in [-0.1, -0.05) is 11.6 Å². The van der Waals surface area contributed by atoms with Crippen molar-refractivity contribution in [2.45, 2.75) is 45.6 Å². The molecule has 0 bridgehead atoms. The molecule has 134 valence electrons. The van der Waals surface area contributed by atoms with Gasteiger partial charge in [-0.25, -0.2) is 9.97 Å². The summed E-state index contributed by atoms with van der Waals surface area (Å²) in [6.07, 6.45) is 5.90. The van der Waals surface area contributed by atoms with Crippen LogP contribution in [0.25, 0.3) is 0 Å². The second-order valence-electron chi connectivity index (χ2n) is 6.32.